The van der Waals surface area contributed by atoms with Gasteiger partial charge in [-0.25, -0.2) is 0 Å². The predicted molar refractivity (Wildman–Crippen MR) is 82.6 cm³/mol. The van der Waals surface area contributed by atoms with Crippen LogP contribution in [0.15, 0.2) is 24.3 Å². The third-order valence-electron chi connectivity index (χ3n) is 5.64. The Morgan fingerprint density at radius 1 is 1.21 bits per heavy atom. The first kappa shape index (κ1) is 13.5. The van der Waals surface area contributed by atoms with Crippen LogP contribution in [0.4, 0.5) is 0 Å². The quantitative estimate of drug-likeness (QED) is 0.642. The zero-order valence-corrected chi connectivity index (χ0v) is 12.9. The number of hydrogen-bond acceptors (Lipinski definition) is 0. The smallest absolute Gasteiger partial charge is 0.0440 e. The normalized spacial score (nSPS) is 34.7. The topological polar surface area (TPSA) is 0 Å². The number of rotatable bonds is 4. The third kappa shape index (κ3) is 2.44. The molecule has 0 spiro atoms. The van der Waals surface area contributed by atoms with Gasteiger partial charge in [-0.2, -0.15) is 0 Å². The molecule has 2 saturated carbocycles. The summed E-state index contributed by atoms with van der Waals surface area (Å²) in [6.07, 6.45) is 7.03. The lowest BCUT2D eigenvalue weighted by molar-refractivity contribution is 0.208. The molecule has 0 saturated heterocycles. The first-order valence-electron chi connectivity index (χ1n) is 7.95. The number of hydrogen-bond donors (Lipinski definition) is 0. The summed E-state index contributed by atoms with van der Waals surface area (Å²) in [4.78, 5) is 0. The van der Waals surface area contributed by atoms with Gasteiger partial charge >= 0.3 is 0 Å². The molecule has 1 aromatic rings. The van der Waals surface area contributed by atoms with Crippen LogP contribution < -0.4 is 0 Å². The van der Waals surface area contributed by atoms with Crippen molar-refractivity contribution in [3.05, 3.63) is 34.9 Å². The molecule has 2 unspecified atom stereocenters. The van der Waals surface area contributed by atoms with Crippen molar-refractivity contribution in [3.63, 3.8) is 0 Å². The molecule has 2 fully saturated rings. The molecule has 19 heavy (non-hydrogen) atoms. The molecule has 1 aromatic carbocycles. The highest BCUT2D eigenvalue weighted by Gasteiger charge is 2.48. The summed E-state index contributed by atoms with van der Waals surface area (Å²) in [6, 6.07) is 8.52. The SMILES string of the molecule is CCC[C@@H](C)[C@H]1CC2CC1[C@H](c1ccccc1Cl)C2. The van der Waals surface area contributed by atoms with Gasteiger partial charge in [-0.05, 0) is 60.5 Å². The van der Waals surface area contributed by atoms with E-state index in [9.17, 15) is 0 Å². The van der Waals surface area contributed by atoms with Crippen LogP contribution in [0.1, 0.15) is 57.4 Å². The lowest BCUT2D eigenvalue weighted by Crippen LogP contribution is -2.24. The molecule has 104 valence electrons. The molecular weight excluding hydrogens is 252 g/mol. The zero-order valence-electron chi connectivity index (χ0n) is 12.1. The number of benzene rings is 1. The maximum absolute atomic E-state index is 6.43. The summed E-state index contributed by atoms with van der Waals surface area (Å²) in [7, 11) is 0. The number of halogens is 1. The highest BCUT2D eigenvalue weighted by molar-refractivity contribution is 6.31. The Bertz CT molecular complexity index is 439. The second kappa shape index (κ2) is 5.48. The van der Waals surface area contributed by atoms with Crippen LogP contribution in [0.5, 0.6) is 0 Å². The van der Waals surface area contributed by atoms with Crippen molar-refractivity contribution >= 4 is 11.6 Å². The molecule has 0 heterocycles. The molecule has 3 rings (SSSR count). The average molecular weight is 277 g/mol. The molecular formula is C18H25Cl. The van der Waals surface area contributed by atoms with Crippen molar-refractivity contribution in [1.29, 1.82) is 0 Å². The molecule has 0 radical (unpaired) electrons. The van der Waals surface area contributed by atoms with E-state index < -0.39 is 0 Å². The van der Waals surface area contributed by atoms with Gasteiger partial charge in [0.15, 0.2) is 0 Å². The first-order chi connectivity index (χ1) is 9.20. The highest BCUT2D eigenvalue weighted by atomic mass is 35.5. The fraction of sp³-hybridized carbons (Fsp3) is 0.667. The minimum atomic E-state index is 0.733. The van der Waals surface area contributed by atoms with Crippen LogP contribution in [-0.4, -0.2) is 0 Å². The van der Waals surface area contributed by atoms with Crippen LogP contribution in [0, 0.1) is 23.7 Å². The fourth-order valence-corrected chi connectivity index (χ4v) is 5.14. The Labute approximate surface area is 122 Å². The van der Waals surface area contributed by atoms with E-state index in [4.69, 9.17) is 11.6 Å². The van der Waals surface area contributed by atoms with Crippen molar-refractivity contribution < 1.29 is 0 Å². The van der Waals surface area contributed by atoms with E-state index in [2.05, 4.69) is 38.1 Å². The third-order valence-corrected chi connectivity index (χ3v) is 5.99. The molecule has 2 aliphatic rings. The van der Waals surface area contributed by atoms with Crippen molar-refractivity contribution in [3.8, 4) is 0 Å². The molecule has 1 heteroatoms. The van der Waals surface area contributed by atoms with E-state index in [1.807, 2.05) is 0 Å². The Morgan fingerprint density at radius 3 is 2.68 bits per heavy atom. The standard InChI is InChI=1S/C18H25Cl/c1-3-6-12(2)15-9-13-10-16(17(15)11-13)14-7-4-5-8-18(14)19/h4-5,7-8,12-13,15-17H,3,6,9-11H2,1-2H3/t12-,13?,15-,16+,17?/m1/s1. The van der Waals surface area contributed by atoms with Crippen molar-refractivity contribution in [1.82, 2.24) is 0 Å². The van der Waals surface area contributed by atoms with E-state index in [0.29, 0.717) is 0 Å². The summed E-state index contributed by atoms with van der Waals surface area (Å²) >= 11 is 6.43. The van der Waals surface area contributed by atoms with Crippen molar-refractivity contribution in [2.45, 2.75) is 51.9 Å². The summed E-state index contributed by atoms with van der Waals surface area (Å²) in [5.74, 6) is 4.43. The maximum atomic E-state index is 6.43. The zero-order chi connectivity index (χ0) is 13.4. The molecule has 5 atom stereocenters. The lowest BCUT2D eigenvalue weighted by atomic mass is 9.71. The average Bonchev–Trinajstić information content (AvgIpc) is 2.99. The molecule has 0 N–H and O–H groups in total. The van der Waals surface area contributed by atoms with Crippen molar-refractivity contribution in [2.75, 3.05) is 0 Å². The molecule has 0 aliphatic heterocycles. The second-order valence-corrected chi connectivity index (χ2v) is 7.20. The monoisotopic (exact) mass is 276 g/mol. The fourth-order valence-electron chi connectivity index (χ4n) is 4.86. The summed E-state index contributed by atoms with van der Waals surface area (Å²) in [5.41, 5.74) is 1.42. The summed E-state index contributed by atoms with van der Waals surface area (Å²) in [5, 5.41) is 0.988. The molecule has 2 bridgehead atoms. The van der Waals surface area contributed by atoms with Gasteiger partial charge in [0.25, 0.3) is 0 Å². The van der Waals surface area contributed by atoms with Crippen LogP contribution in [0.2, 0.25) is 5.02 Å². The largest absolute Gasteiger partial charge is 0.0840 e. The summed E-state index contributed by atoms with van der Waals surface area (Å²) < 4.78 is 0. The van der Waals surface area contributed by atoms with Crippen LogP contribution in [-0.2, 0) is 0 Å². The Balaban J connectivity index is 1.81. The Morgan fingerprint density at radius 2 is 2.00 bits per heavy atom. The minimum Gasteiger partial charge on any atom is -0.0840 e. The lowest BCUT2D eigenvalue weighted by Gasteiger charge is -2.34. The van der Waals surface area contributed by atoms with Gasteiger partial charge in [-0.1, -0.05) is 56.5 Å². The number of fused-ring (bicyclic) bond motifs is 2. The predicted octanol–water partition coefficient (Wildman–Crippen LogP) is 5.91. The first-order valence-corrected chi connectivity index (χ1v) is 8.33. The Kier molecular flexibility index (Phi) is 3.89. The van der Waals surface area contributed by atoms with Gasteiger partial charge in [0.2, 0.25) is 0 Å². The van der Waals surface area contributed by atoms with Gasteiger partial charge in [-0.3, -0.25) is 0 Å². The van der Waals surface area contributed by atoms with E-state index >= 15 is 0 Å². The molecule has 0 amide bonds. The van der Waals surface area contributed by atoms with Gasteiger partial charge in [0.1, 0.15) is 0 Å². The van der Waals surface area contributed by atoms with E-state index in [0.717, 1.165) is 34.6 Å². The molecule has 0 nitrogen and oxygen atoms in total. The van der Waals surface area contributed by atoms with Crippen LogP contribution >= 0.6 is 11.6 Å². The van der Waals surface area contributed by atoms with Crippen LogP contribution in [0.3, 0.4) is 0 Å². The van der Waals surface area contributed by atoms with Gasteiger partial charge < -0.3 is 0 Å². The maximum Gasteiger partial charge on any atom is 0.0440 e. The van der Waals surface area contributed by atoms with Gasteiger partial charge in [0.05, 0.1) is 0 Å². The highest BCUT2D eigenvalue weighted by Crippen LogP contribution is 2.58. The Hall–Kier alpha value is -0.490. The van der Waals surface area contributed by atoms with E-state index in [1.54, 1.807) is 0 Å². The second-order valence-electron chi connectivity index (χ2n) is 6.79. The van der Waals surface area contributed by atoms with E-state index in [-0.39, 0.29) is 0 Å². The van der Waals surface area contributed by atoms with Crippen LogP contribution in [0.25, 0.3) is 0 Å². The van der Waals surface area contributed by atoms with Gasteiger partial charge in [-0.15, -0.1) is 0 Å². The van der Waals surface area contributed by atoms with Crippen molar-refractivity contribution in [2.24, 2.45) is 23.7 Å². The van der Waals surface area contributed by atoms with E-state index in [1.165, 1.54) is 37.7 Å². The van der Waals surface area contributed by atoms with Gasteiger partial charge in [0, 0.05) is 5.02 Å². The molecule has 0 aromatic heterocycles. The summed E-state index contributed by atoms with van der Waals surface area (Å²) in [6.45, 7) is 4.79. The minimum absolute atomic E-state index is 0.733. The molecule has 2 aliphatic carbocycles.